The predicted octanol–water partition coefficient (Wildman–Crippen LogP) is 3.72. The van der Waals surface area contributed by atoms with Crippen molar-refractivity contribution in [2.75, 3.05) is 6.54 Å². The van der Waals surface area contributed by atoms with Gasteiger partial charge in [0, 0.05) is 17.1 Å². The Labute approximate surface area is 123 Å². The number of ketones is 1. The SMILES string of the molecule is Cc1ccc(C(=O)C2NCCc3ccccc32)cc1Cl. The van der Waals surface area contributed by atoms with Crippen LogP contribution in [0.5, 0.6) is 0 Å². The Morgan fingerprint density at radius 3 is 2.85 bits per heavy atom. The van der Waals surface area contributed by atoms with Crippen LogP contribution in [-0.2, 0) is 6.42 Å². The maximum absolute atomic E-state index is 12.7. The molecule has 1 N–H and O–H groups in total. The Kier molecular flexibility index (Phi) is 3.60. The summed E-state index contributed by atoms with van der Waals surface area (Å²) in [4.78, 5) is 12.7. The fourth-order valence-corrected chi connectivity index (χ4v) is 2.83. The van der Waals surface area contributed by atoms with Gasteiger partial charge in [-0.1, -0.05) is 48.0 Å². The third kappa shape index (κ3) is 2.37. The molecule has 0 radical (unpaired) electrons. The van der Waals surface area contributed by atoms with Crippen LogP contribution in [0.2, 0.25) is 5.02 Å². The average molecular weight is 286 g/mol. The Hall–Kier alpha value is -1.64. The Balaban J connectivity index is 1.97. The van der Waals surface area contributed by atoms with Crippen LogP contribution in [0.1, 0.15) is 33.1 Å². The zero-order valence-corrected chi connectivity index (χ0v) is 12.1. The van der Waals surface area contributed by atoms with E-state index in [-0.39, 0.29) is 11.8 Å². The number of benzene rings is 2. The van der Waals surface area contributed by atoms with Crippen molar-refractivity contribution in [1.29, 1.82) is 0 Å². The van der Waals surface area contributed by atoms with Gasteiger partial charge >= 0.3 is 0 Å². The lowest BCUT2D eigenvalue weighted by Gasteiger charge is -2.26. The number of carbonyl (C=O) groups excluding carboxylic acids is 1. The van der Waals surface area contributed by atoms with E-state index in [2.05, 4.69) is 11.4 Å². The molecule has 3 heteroatoms. The van der Waals surface area contributed by atoms with Crippen LogP contribution in [0, 0.1) is 6.92 Å². The maximum atomic E-state index is 12.7. The highest BCUT2D eigenvalue weighted by molar-refractivity contribution is 6.31. The Morgan fingerprint density at radius 2 is 2.05 bits per heavy atom. The van der Waals surface area contributed by atoms with E-state index in [1.807, 2.05) is 37.3 Å². The molecule has 20 heavy (non-hydrogen) atoms. The van der Waals surface area contributed by atoms with E-state index in [9.17, 15) is 4.79 Å². The van der Waals surface area contributed by atoms with Crippen LogP contribution < -0.4 is 5.32 Å². The molecule has 102 valence electrons. The van der Waals surface area contributed by atoms with Crippen molar-refractivity contribution < 1.29 is 4.79 Å². The first kappa shape index (κ1) is 13.3. The third-order valence-electron chi connectivity index (χ3n) is 3.83. The van der Waals surface area contributed by atoms with Gasteiger partial charge in [-0.3, -0.25) is 4.79 Å². The number of nitrogens with one attached hydrogen (secondary N) is 1. The van der Waals surface area contributed by atoms with E-state index >= 15 is 0 Å². The second kappa shape index (κ2) is 5.39. The standard InChI is InChI=1S/C17H16ClNO/c1-11-6-7-13(10-15(11)18)17(20)16-14-5-3-2-4-12(14)8-9-19-16/h2-7,10,16,19H,8-9H2,1H3. The average Bonchev–Trinajstić information content (AvgIpc) is 2.49. The summed E-state index contributed by atoms with van der Waals surface area (Å²) in [7, 11) is 0. The van der Waals surface area contributed by atoms with Crippen LogP contribution >= 0.6 is 11.6 Å². The minimum absolute atomic E-state index is 0.0825. The molecule has 0 saturated carbocycles. The molecule has 1 unspecified atom stereocenters. The molecule has 1 heterocycles. The number of halogens is 1. The molecule has 0 bridgehead atoms. The molecule has 0 fully saturated rings. The highest BCUT2D eigenvalue weighted by Gasteiger charge is 2.26. The lowest BCUT2D eigenvalue weighted by atomic mass is 9.89. The largest absolute Gasteiger partial charge is 0.303 e. The number of aryl methyl sites for hydroxylation is 1. The predicted molar refractivity (Wildman–Crippen MR) is 81.4 cm³/mol. The van der Waals surface area contributed by atoms with E-state index < -0.39 is 0 Å². The fourth-order valence-electron chi connectivity index (χ4n) is 2.65. The molecular weight excluding hydrogens is 270 g/mol. The molecule has 0 spiro atoms. The van der Waals surface area contributed by atoms with Crippen molar-refractivity contribution in [3.8, 4) is 0 Å². The molecular formula is C17H16ClNO. The first-order valence-electron chi connectivity index (χ1n) is 6.78. The van der Waals surface area contributed by atoms with Gasteiger partial charge < -0.3 is 5.32 Å². The van der Waals surface area contributed by atoms with Crippen LogP contribution in [0.25, 0.3) is 0 Å². The summed E-state index contributed by atoms with van der Waals surface area (Å²) < 4.78 is 0. The first-order valence-corrected chi connectivity index (χ1v) is 7.16. The van der Waals surface area contributed by atoms with Crippen molar-refractivity contribution in [2.24, 2.45) is 0 Å². The quantitative estimate of drug-likeness (QED) is 0.852. The van der Waals surface area contributed by atoms with Gasteiger partial charge in [-0.05, 0) is 36.1 Å². The minimum atomic E-state index is -0.265. The Morgan fingerprint density at radius 1 is 1.25 bits per heavy atom. The van der Waals surface area contributed by atoms with Crippen molar-refractivity contribution in [2.45, 2.75) is 19.4 Å². The maximum Gasteiger partial charge on any atom is 0.184 e. The van der Waals surface area contributed by atoms with E-state index in [0.29, 0.717) is 10.6 Å². The van der Waals surface area contributed by atoms with Gasteiger partial charge in [-0.25, -0.2) is 0 Å². The zero-order valence-electron chi connectivity index (χ0n) is 11.3. The highest BCUT2D eigenvalue weighted by atomic mass is 35.5. The number of carbonyl (C=O) groups is 1. The lowest BCUT2D eigenvalue weighted by Crippen LogP contribution is -2.35. The second-order valence-electron chi connectivity index (χ2n) is 5.16. The normalized spacial score (nSPS) is 17.6. The summed E-state index contributed by atoms with van der Waals surface area (Å²) in [5.74, 6) is 0.0825. The van der Waals surface area contributed by atoms with Crippen LogP contribution in [0.4, 0.5) is 0 Å². The van der Waals surface area contributed by atoms with Crippen molar-refractivity contribution in [3.05, 3.63) is 69.7 Å². The number of hydrogen-bond acceptors (Lipinski definition) is 2. The summed E-state index contributed by atoms with van der Waals surface area (Å²) in [6, 6.07) is 13.4. The summed E-state index contributed by atoms with van der Waals surface area (Å²) >= 11 is 6.12. The number of rotatable bonds is 2. The van der Waals surface area contributed by atoms with Gasteiger partial charge in [0.25, 0.3) is 0 Å². The van der Waals surface area contributed by atoms with Crippen LogP contribution in [0.3, 0.4) is 0 Å². The van der Waals surface area contributed by atoms with Crippen LogP contribution in [0.15, 0.2) is 42.5 Å². The minimum Gasteiger partial charge on any atom is -0.303 e. The molecule has 0 aliphatic carbocycles. The number of Topliss-reactive ketones (excluding diaryl/α,β-unsaturated/α-hetero) is 1. The van der Waals surface area contributed by atoms with Crippen molar-refractivity contribution in [1.82, 2.24) is 5.32 Å². The van der Waals surface area contributed by atoms with Gasteiger partial charge in [0.1, 0.15) is 0 Å². The molecule has 1 atom stereocenters. The first-order chi connectivity index (χ1) is 9.66. The van der Waals surface area contributed by atoms with Crippen molar-refractivity contribution in [3.63, 3.8) is 0 Å². The summed E-state index contributed by atoms with van der Waals surface area (Å²) in [5.41, 5.74) is 3.98. The van der Waals surface area contributed by atoms with Gasteiger partial charge in [0.2, 0.25) is 0 Å². The molecule has 0 aromatic heterocycles. The molecule has 0 amide bonds. The topological polar surface area (TPSA) is 29.1 Å². The van der Waals surface area contributed by atoms with E-state index in [1.54, 1.807) is 6.07 Å². The molecule has 2 nitrogen and oxygen atoms in total. The third-order valence-corrected chi connectivity index (χ3v) is 4.23. The molecule has 1 aliphatic heterocycles. The molecule has 1 aliphatic rings. The van der Waals surface area contributed by atoms with E-state index in [0.717, 1.165) is 24.1 Å². The fraction of sp³-hybridized carbons (Fsp3) is 0.235. The molecule has 0 saturated heterocycles. The lowest BCUT2D eigenvalue weighted by molar-refractivity contribution is 0.0939. The van der Waals surface area contributed by atoms with Gasteiger partial charge in [-0.2, -0.15) is 0 Å². The molecule has 3 rings (SSSR count). The molecule has 2 aromatic rings. The van der Waals surface area contributed by atoms with Gasteiger partial charge in [0.15, 0.2) is 5.78 Å². The van der Waals surface area contributed by atoms with E-state index in [1.165, 1.54) is 5.56 Å². The van der Waals surface area contributed by atoms with Gasteiger partial charge in [0.05, 0.1) is 6.04 Å². The van der Waals surface area contributed by atoms with Crippen LogP contribution in [-0.4, -0.2) is 12.3 Å². The summed E-state index contributed by atoms with van der Waals surface area (Å²) in [6.07, 6.45) is 0.967. The van der Waals surface area contributed by atoms with Gasteiger partial charge in [-0.15, -0.1) is 0 Å². The monoisotopic (exact) mass is 285 g/mol. The number of fused-ring (bicyclic) bond motifs is 1. The highest BCUT2D eigenvalue weighted by Crippen LogP contribution is 2.27. The number of hydrogen-bond donors (Lipinski definition) is 1. The summed E-state index contributed by atoms with van der Waals surface area (Å²) in [6.45, 7) is 2.76. The zero-order chi connectivity index (χ0) is 14.1. The summed E-state index contributed by atoms with van der Waals surface area (Å²) in [5, 5.41) is 3.95. The van der Waals surface area contributed by atoms with E-state index in [4.69, 9.17) is 11.6 Å². The smallest absolute Gasteiger partial charge is 0.184 e. The second-order valence-corrected chi connectivity index (χ2v) is 5.57. The Bertz CT molecular complexity index is 666. The van der Waals surface area contributed by atoms with Crippen molar-refractivity contribution >= 4 is 17.4 Å². The molecule has 2 aromatic carbocycles.